The standard InChI is InChI=1S/C10H14FNO3.C9H14FNO3/c1-7(13)2-9(14)6-12-5-8(4-11)3-10(12)15;1-2-14-9(13)6-11-5-7(4-10)3-8(11)12/h8H,2-6H2,1H3;7H,2-6H2,1H3/t8-;7-/m11/s1. The molecule has 0 bridgehead atoms. The van der Waals surface area contributed by atoms with Crippen molar-refractivity contribution in [1.29, 1.82) is 0 Å². The molecule has 10 heteroatoms. The first-order valence-corrected chi connectivity index (χ1v) is 9.54. The van der Waals surface area contributed by atoms with E-state index in [1.165, 1.54) is 16.7 Å². The van der Waals surface area contributed by atoms with Crippen LogP contribution >= 0.6 is 0 Å². The van der Waals surface area contributed by atoms with Crippen molar-refractivity contribution in [2.24, 2.45) is 11.8 Å². The number of halogens is 2. The molecular formula is C19H28F2N2O6. The molecule has 2 heterocycles. The summed E-state index contributed by atoms with van der Waals surface area (Å²) in [6.45, 7) is 2.79. The molecule has 2 aliphatic rings. The van der Waals surface area contributed by atoms with Crippen molar-refractivity contribution < 1.29 is 37.5 Å². The minimum absolute atomic E-state index is 0.0524. The number of ketones is 2. The molecule has 0 radical (unpaired) electrons. The monoisotopic (exact) mass is 418 g/mol. The van der Waals surface area contributed by atoms with Gasteiger partial charge in [-0.05, 0) is 13.8 Å². The van der Waals surface area contributed by atoms with Crippen LogP contribution in [0.4, 0.5) is 8.78 Å². The number of alkyl halides is 2. The molecule has 2 rings (SSSR count). The average molecular weight is 418 g/mol. The number of likely N-dealkylation sites (tertiary alicyclic amines) is 2. The van der Waals surface area contributed by atoms with E-state index in [-0.39, 0.29) is 67.6 Å². The van der Waals surface area contributed by atoms with Crippen molar-refractivity contribution in [2.75, 3.05) is 46.1 Å². The Morgan fingerprint density at radius 3 is 1.83 bits per heavy atom. The molecule has 0 aromatic carbocycles. The lowest BCUT2D eigenvalue weighted by Gasteiger charge is -2.14. The molecule has 2 saturated heterocycles. The Balaban J connectivity index is 0.000000291. The minimum Gasteiger partial charge on any atom is -0.465 e. The third kappa shape index (κ3) is 8.66. The van der Waals surface area contributed by atoms with Crippen molar-refractivity contribution >= 4 is 29.4 Å². The Morgan fingerprint density at radius 2 is 1.45 bits per heavy atom. The summed E-state index contributed by atoms with van der Waals surface area (Å²) < 4.78 is 29.2. The second-order valence-electron chi connectivity index (χ2n) is 7.22. The van der Waals surface area contributed by atoms with E-state index >= 15 is 0 Å². The molecule has 0 aromatic rings. The smallest absolute Gasteiger partial charge is 0.325 e. The maximum Gasteiger partial charge on any atom is 0.325 e. The van der Waals surface area contributed by atoms with Gasteiger partial charge in [0.25, 0.3) is 0 Å². The van der Waals surface area contributed by atoms with Crippen molar-refractivity contribution in [2.45, 2.75) is 33.1 Å². The van der Waals surface area contributed by atoms with Crippen molar-refractivity contribution in [3.8, 4) is 0 Å². The van der Waals surface area contributed by atoms with Gasteiger partial charge in [-0.3, -0.25) is 32.8 Å². The third-order valence-electron chi connectivity index (χ3n) is 4.46. The topological polar surface area (TPSA) is 101 Å². The summed E-state index contributed by atoms with van der Waals surface area (Å²) in [5.74, 6) is -1.83. The van der Waals surface area contributed by atoms with Crippen LogP contribution < -0.4 is 0 Å². The molecule has 8 nitrogen and oxygen atoms in total. The van der Waals surface area contributed by atoms with E-state index in [4.69, 9.17) is 4.74 Å². The second kappa shape index (κ2) is 12.2. The quantitative estimate of drug-likeness (QED) is 0.404. The maximum atomic E-state index is 12.3. The number of amides is 2. The molecule has 2 atom stereocenters. The summed E-state index contributed by atoms with van der Waals surface area (Å²) in [4.78, 5) is 58.1. The van der Waals surface area contributed by atoms with Gasteiger partial charge in [-0.25, -0.2) is 0 Å². The first kappa shape index (κ1) is 24.6. The fourth-order valence-electron chi connectivity index (χ4n) is 3.13. The van der Waals surface area contributed by atoms with E-state index in [1.54, 1.807) is 6.92 Å². The predicted molar refractivity (Wildman–Crippen MR) is 98.3 cm³/mol. The number of carbonyl (C=O) groups is 5. The minimum atomic E-state index is -0.539. The Morgan fingerprint density at radius 1 is 0.966 bits per heavy atom. The van der Waals surface area contributed by atoms with E-state index in [0.717, 1.165) is 0 Å². The van der Waals surface area contributed by atoms with Gasteiger partial charge in [0.1, 0.15) is 12.3 Å². The zero-order chi connectivity index (χ0) is 22.0. The Hall–Kier alpha value is -2.39. The van der Waals surface area contributed by atoms with Crippen molar-refractivity contribution in [1.82, 2.24) is 9.80 Å². The number of hydrogen-bond acceptors (Lipinski definition) is 6. The lowest BCUT2D eigenvalue weighted by atomic mass is 10.1. The van der Waals surface area contributed by atoms with Gasteiger partial charge in [-0.15, -0.1) is 0 Å². The number of rotatable bonds is 9. The normalized spacial score (nSPS) is 21.1. The van der Waals surface area contributed by atoms with Gasteiger partial charge in [0.15, 0.2) is 5.78 Å². The van der Waals surface area contributed by atoms with Gasteiger partial charge in [0.05, 0.1) is 32.9 Å². The number of nitrogens with zero attached hydrogens (tertiary/aromatic N) is 2. The molecular weight excluding hydrogens is 390 g/mol. The van der Waals surface area contributed by atoms with Gasteiger partial charge in [-0.2, -0.15) is 0 Å². The van der Waals surface area contributed by atoms with Crippen LogP contribution in [0.3, 0.4) is 0 Å². The summed E-state index contributed by atoms with van der Waals surface area (Å²) in [5, 5.41) is 0. The molecule has 0 aromatic heterocycles. The van der Waals surface area contributed by atoms with Gasteiger partial charge < -0.3 is 14.5 Å². The van der Waals surface area contributed by atoms with Crippen LogP contribution in [-0.4, -0.2) is 85.3 Å². The Labute approximate surface area is 168 Å². The molecule has 0 saturated carbocycles. The summed E-state index contributed by atoms with van der Waals surface area (Å²) >= 11 is 0. The molecule has 0 spiro atoms. The van der Waals surface area contributed by atoms with Crippen LogP contribution in [0, 0.1) is 11.8 Å². The molecule has 2 aliphatic heterocycles. The summed E-state index contributed by atoms with van der Waals surface area (Å²) in [7, 11) is 0. The Kier molecular flexibility index (Phi) is 10.4. The fraction of sp³-hybridized carbons (Fsp3) is 0.737. The largest absolute Gasteiger partial charge is 0.465 e. The molecule has 0 aliphatic carbocycles. The van der Waals surface area contributed by atoms with Crippen LogP contribution in [0.5, 0.6) is 0 Å². The zero-order valence-electron chi connectivity index (χ0n) is 16.8. The zero-order valence-corrected chi connectivity index (χ0v) is 16.8. The van der Waals surface area contributed by atoms with Gasteiger partial charge in [-0.1, -0.05) is 0 Å². The lowest BCUT2D eigenvalue weighted by molar-refractivity contribution is -0.147. The highest BCUT2D eigenvalue weighted by Gasteiger charge is 2.31. The average Bonchev–Trinajstić information content (AvgIpc) is 3.17. The summed E-state index contributed by atoms with van der Waals surface area (Å²) in [6.07, 6.45) is 0.226. The van der Waals surface area contributed by atoms with E-state index in [9.17, 15) is 32.8 Å². The van der Waals surface area contributed by atoms with Crippen LogP contribution in [0.25, 0.3) is 0 Å². The predicted octanol–water partition coefficient (Wildman–Crippen LogP) is 0.720. The highest BCUT2D eigenvalue weighted by Crippen LogP contribution is 2.18. The second-order valence-corrected chi connectivity index (χ2v) is 7.22. The third-order valence-corrected chi connectivity index (χ3v) is 4.46. The maximum absolute atomic E-state index is 12.3. The van der Waals surface area contributed by atoms with E-state index in [1.807, 2.05) is 0 Å². The van der Waals surface area contributed by atoms with E-state index < -0.39 is 19.3 Å². The summed E-state index contributed by atoms with van der Waals surface area (Å²) in [6, 6.07) is 0. The SMILES string of the molecule is CC(=O)CC(=O)CN1C[C@@H](CF)CC1=O.CCOC(=O)CN1C[C@@H](CF)CC1=O. The highest BCUT2D eigenvalue weighted by atomic mass is 19.1. The number of hydrogen-bond donors (Lipinski definition) is 0. The van der Waals surface area contributed by atoms with Crippen molar-refractivity contribution in [3.05, 3.63) is 0 Å². The number of ether oxygens (including phenoxy) is 1. The van der Waals surface area contributed by atoms with Crippen LogP contribution in [-0.2, 0) is 28.7 Å². The number of carbonyl (C=O) groups excluding carboxylic acids is 5. The number of esters is 1. The van der Waals surface area contributed by atoms with Crippen LogP contribution in [0.1, 0.15) is 33.1 Å². The number of Topliss-reactive ketones (excluding diaryl/α,β-unsaturated/α-hetero) is 2. The first-order valence-electron chi connectivity index (χ1n) is 9.54. The van der Waals surface area contributed by atoms with Crippen molar-refractivity contribution in [3.63, 3.8) is 0 Å². The molecule has 29 heavy (non-hydrogen) atoms. The highest BCUT2D eigenvalue weighted by molar-refractivity contribution is 6.00. The molecule has 0 unspecified atom stereocenters. The first-order chi connectivity index (χ1) is 13.7. The molecule has 2 amide bonds. The molecule has 164 valence electrons. The molecule has 0 N–H and O–H groups in total. The van der Waals surface area contributed by atoms with Crippen LogP contribution in [0.2, 0.25) is 0 Å². The van der Waals surface area contributed by atoms with E-state index in [0.29, 0.717) is 19.7 Å². The van der Waals surface area contributed by atoms with Crippen LogP contribution in [0.15, 0.2) is 0 Å². The Bertz CT molecular complexity index is 628. The fourth-order valence-corrected chi connectivity index (χ4v) is 3.13. The van der Waals surface area contributed by atoms with Gasteiger partial charge >= 0.3 is 5.97 Å². The lowest BCUT2D eigenvalue weighted by Crippen LogP contribution is -2.32. The van der Waals surface area contributed by atoms with Gasteiger partial charge in [0.2, 0.25) is 11.8 Å². The van der Waals surface area contributed by atoms with Gasteiger partial charge in [0, 0.05) is 37.8 Å². The molecule has 2 fully saturated rings. The van der Waals surface area contributed by atoms with E-state index in [2.05, 4.69) is 0 Å². The summed E-state index contributed by atoms with van der Waals surface area (Å²) in [5.41, 5.74) is 0.